The Hall–Kier alpha value is -3.81. The third-order valence-corrected chi connectivity index (χ3v) is 4.64. The number of amides is 1. The van der Waals surface area contributed by atoms with Crippen LogP contribution in [-0.2, 0) is 27.3 Å². The van der Waals surface area contributed by atoms with Crippen molar-refractivity contribution >= 4 is 28.6 Å². The van der Waals surface area contributed by atoms with Crippen molar-refractivity contribution in [3.63, 3.8) is 0 Å². The van der Waals surface area contributed by atoms with Crippen molar-refractivity contribution in [1.82, 2.24) is 15.3 Å². The minimum Gasteiger partial charge on any atom is -0.457 e. The van der Waals surface area contributed by atoms with Gasteiger partial charge >= 0.3 is 5.97 Å². The second-order valence-electron chi connectivity index (χ2n) is 7.07. The highest BCUT2D eigenvalue weighted by atomic mass is 16.5. The molecule has 1 aromatic heterocycles. The molecule has 0 radical (unpaired) electrons. The van der Waals surface area contributed by atoms with Gasteiger partial charge in [-0.1, -0.05) is 36.4 Å². The lowest BCUT2D eigenvalue weighted by Gasteiger charge is -2.06. The van der Waals surface area contributed by atoms with E-state index < -0.39 is 5.97 Å². The zero-order chi connectivity index (χ0) is 22.2. The zero-order valence-corrected chi connectivity index (χ0v) is 17.1. The summed E-state index contributed by atoms with van der Waals surface area (Å²) < 4.78 is 5.06. The number of Topliss-reactive ketones (excluding diaryl/α,β-unsaturated/α-hetero) is 1. The summed E-state index contributed by atoms with van der Waals surface area (Å²) in [4.78, 5) is 54.2. The average Bonchev–Trinajstić information content (AvgIpc) is 2.76. The Bertz CT molecular complexity index is 1150. The Kier molecular flexibility index (Phi) is 7.26. The van der Waals surface area contributed by atoms with E-state index in [0.717, 1.165) is 5.56 Å². The molecule has 0 saturated carbocycles. The van der Waals surface area contributed by atoms with Crippen LogP contribution in [0.5, 0.6) is 0 Å². The summed E-state index contributed by atoms with van der Waals surface area (Å²) in [7, 11) is 0. The molecule has 0 bridgehead atoms. The predicted octanol–water partition coefficient (Wildman–Crippen LogP) is 2.31. The molecule has 0 unspecified atom stereocenters. The van der Waals surface area contributed by atoms with E-state index in [1.807, 2.05) is 6.07 Å². The van der Waals surface area contributed by atoms with Gasteiger partial charge in [-0.15, -0.1) is 0 Å². The number of ether oxygens (including phenoxy) is 1. The van der Waals surface area contributed by atoms with Crippen LogP contribution in [-0.4, -0.2) is 34.2 Å². The van der Waals surface area contributed by atoms with E-state index >= 15 is 0 Å². The van der Waals surface area contributed by atoms with Crippen LogP contribution in [0, 0.1) is 0 Å². The van der Waals surface area contributed by atoms with Gasteiger partial charge in [0.05, 0.1) is 10.9 Å². The maximum Gasteiger partial charge on any atom is 0.306 e. The maximum absolute atomic E-state index is 12.2. The molecule has 0 saturated heterocycles. The first-order valence-electron chi connectivity index (χ1n) is 9.92. The molecule has 8 heteroatoms. The van der Waals surface area contributed by atoms with Gasteiger partial charge in [0.15, 0.2) is 12.4 Å². The highest BCUT2D eigenvalue weighted by Crippen LogP contribution is 2.09. The highest BCUT2D eigenvalue weighted by molar-refractivity contribution is 5.98. The minimum atomic E-state index is -0.487. The first kappa shape index (κ1) is 21.9. The Morgan fingerprint density at radius 3 is 2.55 bits per heavy atom. The van der Waals surface area contributed by atoms with Crippen molar-refractivity contribution in [2.24, 2.45) is 0 Å². The third kappa shape index (κ3) is 6.33. The summed E-state index contributed by atoms with van der Waals surface area (Å²) in [6.07, 6.45) is 0.963. The standard InChI is InChI=1S/C23H23N3O5/c1-15(27)24-13-16-9-11-17(12-10-16)20(28)14-31-22(29)8-4-7-21-25-19-6-3-2-5-18(19)23(30)26-21/h2-3,5-6,9-12H,4,7-8,13-14H2,1H3,(H,24,27)(H,25,26,30). The van der Waals surface area contributed by atoms with Gasteiger partial charge in [0.2, 0.25) is 5.91 Å². The number of nitrogens with one attached hydrogen (secondary N) is 2. The summed E-state index contributed by atoms with van der Waals surface area (Å²) in [5, 5.41) is 3.20. The second-order valence-corrected chi connectivity index (χ2v) is 7.07. The van der Waals surface area contributed by atoms with Crippen molar-refractivity contribution in [2.75, 3.05) is 6.61 Å². The first-order valence-corrected chi connectivity index (χ1v) is 9.92. The Labute approximate surface area is 178 Å². The van der Waals surface area contributed by atoms with E-state index in [4.69, 9.17) is 4.74 Å². The van der Waals surface area contributed by atoms with E-state index in [1.54, 1.807) is 42.5 Å². The molecule has 3 aromatic rings. The molecule has 0 aliphatic heterocycles. The van der Waals surface area contributed by atoms with Crippen molar-refractivity contribution in [3.05, 3.63) is 75.8 Å². The molecule has 0 spiro atoms. The van der Waals surface area contributed by atoms with E-state index in [-0.39, 0.29) is 30.3 Å². The van der Waals surface area contributed by atoms with Crippen LogP contribution in [0.3, 0.4) is 0 Å². The number of esters is 1. The monoisotopic (exact) mass is 421 g/mol. The largest absolute Gasteiger partial charge is 0.457 e. The first-order chi connectivity index (χ1) is 14.9. The molecule has 2 aromatic carbocycles. The number of hydrogen-bond donors (Lipinski definition) is 2. The van der Waals surface area contributed by atoms with Crippen molar-refractivity contribution in [1.29, 1.82) is 0 Å². The smallest absolute Gasteiger partial charge is 0.306 e. The van der Waals surface area contributed by atoms with Crippen LogP contribution in [0.2, 0.25) is 0 Å². The van der Waals surface area contributed by atoms with Crippen LogP contribution in [0.1, 0.15) is 41.5 Å². The molecular weight excluding hydrogens is 398 g/mol. The van der Waals surface area contributed by atoms with Gasteiger partial charge < -0.3 is 15.0 Å². The molecule has 8 nitrogen and oxygen atoms in total. The van der Waals surface area contributed by atoms with Gasteiger partial charge in [0.1, 0.15) is 5.82 Å². The van der Waals surface area contributed by atoms with Crippen LogP contribution in [0.15, 0.2) is 53.3 Å². The van der Waals surface area contributed by atoms with E-state index in [9.17, 15) is 19.2 Å². The number of hydrogen-bond acceptors (Lipinski definition) is 6. The maximum atomic E-state index is 12.2. The molecule has 1 amide bonds. The molecule has 2 N–H and O–H groups in total. The quantitative estimate of drug-likeness (QED) is 0.404. The lowest BCUT2D eigenvalue weighted by molar-refractivity contribution is -0.142. The summed E-state index contributed by atoms with van der Waals surface area (Å²) >= 11 is 0. The molecule has 0 fully saturated rings. The van der Waals surface area contributed by atoms with E-state index in [2.05, 4.69) is 15.3 Å². The van der Waals surface area contributed by atoms with Crippen molar-refractivity contribution < 1.29 is 19.1 Å². The van der Waals surface area contributed by atoms with Gasteiger partial charge in [-0.3, -0.25) is 19.2 Å². The lowest BCUT2D eigenvalue weighted by Crippen LogP contribution is -2.19. The molecule has 0 atom stereocenters. The van der Waals surface area contributed by atoms with Crippen LogP contribution >= 0.6 is 0 Å². The summed E-state index contributed by atoms with van der Waals surface area (Å²) in [6.45, 7) is 1.48. The molecule has 160 valence electrons. The number of carbonyl (C=O) groups excluding carboxylic acids is 3. The van der Waals surface area contributed by atoms with E-state index in [1.165, 1.54) is 6.92 Å². The normalized spacial score (nSPS) is 10.6. The van der Waals surface area contributed by atoms with Crippen molar-refractivity contribution in [2.45, 2.75) is 32.7 Å². The number of aryl methyl sites for hydroxylation is 1. The minimum absolute atomic E-state index is 0.111. The number of H-pyrrole nitrogens is 1. The van der Waals surface area contributed by atoms with Crippen molar-refractivity contribution in [3.8, 4) is 0 Å². The summed E-state index contributed by atoms with van der Waals surface area (Å²) in [5.74, 6) is -0.416. The molecule has 3 rings (SSSR count). The van der Waals surface area contributed by atoms with Crippen LogP contribution in [0.4, 0.5) is 0 Å². The topological polar surface area (TPSA) is 118 Å². The fraction of sp³-hybridized carbons (Fsp3) is 0.261. The van der Waals surface area contributed by atoms with Gasteiger partial charge in [-0.05, 0) is 24.1 Å². The number of ketones is 1. The molecule has 1 heterocycles. The molecule has 31 heavy (non-hydrogen) atoms. The van der Waals surface area contributed by atoms with Gasteiger partial charge in [-0.2, -0.15) is 0 Å². The molecule has 0 aliphatic carbocycles. The predicted molar refractivity (Wildman–Crippen MR) is 115 cm³/mol. The Morgan fingerprint density at radius 1 is 1.06 bits per heavy atom. The number of fused-ring (bicyclic) bond motifs is 1. The third-order valence-electron chi connectivity index (χ3n) is 4.64. The number of benzene rings is 2. The number of carbonyl (C=O) groups is 3. The molecular formula is C23H23N3O5. The Morgan fingerprint density at radius 2 is 1.81 bits per heavy atom. The van der Waals surface area contributed by atoms with Gasteiger partial charge in [0.25, 0.3) is 5.56 Å². The lowest BCUT2D eigenvalue weighted by atomic mass is 10.1. The molecule has 0 aliphatic rings. The summed E-state index contributed by atoms with van der Waals surface area (Å²) in [5.41, 5.74) is 1.69. The van der Waals surface area contributed by atoms with E-state index in [0.29, 0.717) is 41.7 Å². The van der Waals surface area contributed by atoms with Crippen LogP contribution < -0.4 is 10.9 Å². The summed E-state index contributed by atoms with van der Waals surface area (Å²) in [6, 6.07) is 13.8. The second kappa shape index (κ2) is 10.3. The highest BCUT2D eigenvalue weighted by Gasteiger charge is 2.11. The number of rotatable bonds is 9. The van der Waals surface area contributed by atoms with Gasteiger partial charge in [0, 0.05) is 31.9 Å². The fourth-order valence-electron chi connectivity index (χ4n) is 2.99. The number of nitrogens with zero attached hydrogens (tertiary/aromatic N) is 1. The Balaban J connectivity index is 1.43. The number of aromatic nitrogens is 2. The zero-order valence-electron chi connectivity index (χ0n) is 17.1. The fourth-order valence-corrected chi connectivity index (χ4v) is 2.99. The number of para-hydroxylation sites is 1. The average molecular weight is 421 g/mol. The van der Waals surface area contributed by atoms with Gasteiger partial charge in [-0.25, -0.2) is 4.98 Å². The van der Waals surface area contributed by atoms with Crippen LogP contribution in [0.25, 0.3) is 10.9 Å². The number of aromatic amines is 1. The SMILES string of the molecule is CC(=O)NCc1ccc(C(=O)COC(=O)CCCc2nc3ccccc3c(=O)[nH]2)cc1.